The molecule has 0 aromatic rings. The molecular formula is C40H70O3. The highest BCUT2D eigenvalue weighted by molar-refractivity contribution is 5.60. The molecule has 0 aliphatic heterocycles. The Balaban J connectivity index is 1.19. The van der Waals surface area contributed by atoms with Crippen LogP contribution in [0.3, 0.4) is 0 Å². The van der Waals surface area contributed by atoms with Crippen LogP contribution >= 0.6 is 0 Å². The molecule has 0 heterocycles. The van der Waals surface area contributed by atoms with Crippen molar-refractivity contribution in [1.82, 2.24) is 0 Å². The lowest BCUT2D eigenvalue weighted by Gasteiger charge is -2.58. The topological polar surface area (TPSA) is 35.5 Å². The molecular weight excluding hydrogens is 528 g/mol. The number of hydrogen-bond acceptors (Lipinski definition) is 3. The molecule has 3 fully saturated rings. The molecule has 0 bridgehead atoms. The third-order valence-corrected chi connectivity index (χ3v) is 13.2. The third-order valence-electron chi connectivity index (χ3n) is 13.2. The van der Waals surface area contributed by atoms with E-state index in [1.165, 1.54) is 103 Å². The Morgan fingerprint density at radius 3 is 2.23 bits per heavy atom. The molecule has 0 saturated heterocycles. The van der Waals surface area contributed by atoms with Gasteiger partial charge in [-0.1, -0.05) is 130 Å². The molecule has 4 aliphatic carbocycles. The van der Waals surface area contributed by atoms with E-state index in [4.69, 9.17) is 9.47 Å². The van der Waals surface area contributed by atoms with Crippen molar-refractivity contribution in [2.45, 2.75) is 182 Å². The van der Waals surface area contributed by atoms with Crippen LogP contribution in [0.5, 0.6) is 0 Å². The number of rotatable bonds is 17. The second-order valence-corrected chi connectivity index (χ2v) is 16.6. The minimum absolute atomic E-state index is 0.00695. The van der Waals surface area contributed by atoms with Gasteiger partial charge in [0.2, 0.25) is 0 Å². The lowest BCUT2D eigenvalue weighted by Crippen LogP contribution is -2.51. The molecule has 43 heavy (non-hydrogen) atoms. The maximum absolute atomic E-state index is 12.5. The first kappa shape index (κ1) is 34.9. The van der Waals surface area contributed by atoms with Gasteiger partial charge in [0.15, 0.2) is 0 Å². The predicted molar refractivity (Wildman–Crippen MR) is 181 cm³/mol. The fourth-order valence-corrected chi connectivity index (χ4v) is 10.7. The molecule has 0 N–H and O–H groups in total. The highest BCUT2D eigenvalue weighted by atomic mass is 16.7. The molecule has 248 valence electrons. The zero-order valence-electron chi connectivity index (χ0n) is 29.4. The van der Waals surface area contributed by atoms with E-state index in [2.05, 4.69) is 47.6 Å². The molecule has 0 spiro atoms. The first-order valence-corrected chi connectivity index (χ1v) is 19.2. The number of carbonyl (C=O) groups excluding carboxylic acids is 1. The van der Waals surface area contributed by atoms with E-state index in [1.807, 2.05) is 0 Å². The number of allylic oxidation sites excluding steroid dienone is 1. The molecule has 0 radical (unpaired) electrons. The minimum atomic E-state index is -0.438. The lowest BCUT2D eigenvalue weighted by atomic mass is 9.47. The summed E-state index contributed by atoms with van der Waals surface area (Å²) in [5, 5.41) is 0. The van der Waals surface area contributed by atoms with Crippen LogP contribution < -0.4 is 0 Å². The molecule has 0 unspecified atom stereocenters. The fraction of sp³-hybridized carbons (Fsp3) is 0.925. The summed E-state index contributed by atoms with van der Waals surface area (Å²) < 4.78 is 11.4. The van der Waals surface area contributed by atoms with E-state index in [1.54, 1.807) is 5.57 Å². The van der Waals surface area contributed by atoms with Gasteiger partial charge < -0.3 is 9.47 Å². The molecule has 4 rings (SSSR count). The van der Waals surface area contributed by atoms with Crippen molar-refractivity contribution in [3.63, 3.8) is 0 Å². The second-order valence-electron chi connectivity index (χ2n) is 16.6. The quantitative estimate of drug-likeness (QED) is 0.0949. The van der Waals surface area contributed by atoms with Gasteiger partial charge in [0.1, 0.15) is 6.10 Å². The highest BCUT2D eigenvalue weighted by Crippen LogP contribution is 2.67. The Morgan fingerprint density at radius 1 is 0.837 bits per heavy atom. The smallest absolute Gasteiger partial charge is 0.434 e. The van der Waals surface area contributed by atoms with Gasteiger partial charge in [-0.2, -0.15) is 0 Å². The van der Waals surface area contributed by atoms with Crippen LogP contribution in [0.15, 0.2) is 11.6 Å². The second kappa shape index (κ2) is 16.5. The molecule has 0 amide bonds. The van der Waals surface area contributed by atoms with E-state index >= 15 is 0 Å². The Morgan fingerprint density at radius 2 is 1.53 bits per heavy atom. The average Bonchev–Trinajstić information content (AvgIpc) is 3.33. The molecule has 3 nitrogen and oxygen atoms in total. The maximum atomic E-state index is 12.5. The molecule has 0 aromatic carbocycles. The average molecular weight is 599 g/mol. The maximum Gasteiger partial charge on any atom is 0.508 e. The minimum Gasteiger partial charge on any atom is -0.434 e. The largest absolute Gasteiger partial charge is 0.508 e. The zero-order chi connectivity index (χ0) is 30.9. The molecule has 3 heteroatoms. The van der Waals surface area contributed by atoms with Crippen molar-refractivity contribution < 1.29 is 14.3 Å². The Kier molecular flexibility index (Phi) is 13.4. The van der Waals surface area contributed by atoms with Crippen molar-refractivity contribution in [3.8, 4) is 0 Å². The predicted octanol–water partition coefficient (Wildman–Crippen LogP) is 12.5. The van der Waals surface area contributed by atoms with Gasteiger partial charge >= 0.3 is 6.16 Å². The summed E-state index contributed by atoms with van der Waals surface area (Å²) in [6.45, 7) is 15.4. The third kappa shape index (κ3) is 8.84. The summed E-state index contributed by atoms with van der Waals surface area (Å²) in [5.41, 5.74) is 2.43. The Labute approximate surface area is 267 Å². The molecule has 3 saturated carbocycles. The number of carbonyl (C=O) groups is 1. The van der Waals surface area contributed by atoms with Gasteiger partial charge in [0, 0.05) is 6.42 Å². The van der Waals surface area contributed by atoms with Gasteiger partial charge in [0.25, 0.3) is 0 Å². The first-order chi connectivity index (χ1) is 20.7. The first-order valence-electron chi connectivity index (χ1n) is 19.2. The summed E-state index contributed by atoms with van der Waals surface area (Å²) >= 11 is 0. The summed E-state index contributed by atoms with van der Waals surface area (Å²) in [6, 6.07) is 0. The number of hydrogen-bond donors (Lipinski definition) is 0. The van der Waals surface area contributed by atoms with E-state index in [0.717, 1.165) is 67.6 Å². The number of fused-ring (bicyclic) bond motifs is 5. The van der Waals surface area contributed by atoms with Gasteiger partial charge in [0.05, 0.1) is 6.61 Å². The van der Waals surface area contributed by atoms with Gasteiger partial charge in [-0.25, -0.2) is 4.79 Å². The Bertz CT molecular complexity index is 877. The zero-order valence-corrected chi connectivity index (χ0v) is 29.4. The van der Waals surface area contributed by atoms with Crippen molar-refractivity contribution in [1.29, 1.82) is 0 Å². The van der Waals surface area contributed by atoms with Crippen LogP contribution in [-0.2, 0) is 9.47 Å². The van der Waals surface area contributed by atoms with Crippen LogP contribution in [-0.4, -0.2) is 18.9 Å². The standard InChI is InChI=1S/C40H70O3/c1-7-8-9-10-11-12-13-14-15-16-28-42-38(41)43-33-24-26-39(5)32(29-33)20-21-34-36-23-22-35(31(4)19-17-18-30(2)3)40(36,6)27-25-37(34)39/h20,30-31,33-37H,7-19,21-29H2,1-6H3/t31-,33-,34-,35+,36-,37-,39-,40+/m0/s1. The van der Waals surface area contributed by atoms with Crippen molar-refractivity contribution >= 4 is 6.16 Å². The van der Waals surface area contributed by atoms with Gasteiger partial charge in [-0.15, -0.1) is 0 Å². The van der Waals surface area contributed by atoms with E-state index < -0.39 is 6.16 Å². The van der Waals surface area contributed by atoms with E-state index in [-0.39, 0.29) is 6.10 Å². The van der Waals surface area contributed by atoms with Crippen LogP contribution in [0.25, 0.3) is 0 Å². The normalized spacial score (nSPS) is 34.2. The highest BCUT2D eigenvalue weighted by Gasteiger charge is 2.59. The van der Waals surface area contributed by atoms with Crippen LogP contribution in [0.1, 0.15) is 176 Å². The summed E-state index contributed by atoms with van der Waals surface area (Å²) in [6.07, 6.45) is 29.3. The fourth-order valence-electron chi connectivity index (χ4n) is 10.7. The molecule has 4 aliphatic rings. The van der Waals surface area contributed by atoms with Crippen LogP contribution in [0.4, 0.5) is 4.79 Å². The number of unbranched alkanes of at least 4 members (excludes halogenated alkanes) is 9. The van der Waals surface area contributed by atoms with Crippen molar-refractivity contribution in [2.24, 2.45) is 46.3 Å². The number of ether oxygens (including phenoxy) is 2. The summed E-state index contributed by atoms with van der Waals surface area (Å²) in [5.74, 6) is 5.17. The van der Waals surface area contributed by atoms with E-state index in [0.29, 0.717) is 17.4 Å². The van der Waals surface area contributed by atoms with Crippen LogP contribution in [0, 0.1) is 46.3 Å². The monoisotopic (exact) mass is 599 g/mol. The Hall–Kier alpha value is -0.990. The lowest BCUT2D eigenvalue weighted by molar-refractivity contribution is -0.0617. The van der Waals surface area contributed by atoms with E-state index in [9.17, 15) is 4.79 Å². The van der Waals surface area contributed by atoms with Gasteiger partial charge in [-0.3, -0.25) is 0 Å². The van der Waals surface area contributed by atoms with Gasteiger partial charge in [-0.05, 0) is 97.7 Å². The summed E-state index contributed by atoms with van der Waals surface area (Å²) in [4.78, 5) is 12.5. The van der Waals surface area contributed by atoms with Crippen molar-refractivity contribution in [2.75, 3.05) is 6.61 Å². The van der Waals surface area contributed by atoms with Crippen molar-refractivity contribution in [3.05, 3.63) is 11.6 Å². The summed E-state index contributed by atoms with van der Waals surface area (Å²) in [7, 11) is 0. The molecule has 8 atom stereocenters. The van der Waals surface area contributed by atoms with Crippen LogP contribution in [0.2, 0.25) is 0 Å². The molecule has 0 aromatic heterocycles. The SMILES string of the molecule is CCCCCCCCCCCCOC(=O)O[C@H]1CC[C@@]2(C)C(=CC[C@H]3[C@@H]4CC[C@H]([C@@H](C)CCCC(C)C)[C@@]4(C)CC[C@@H]32)C1.